The van der Waals surface area contributed by atoms with Gasteiger partial charge in [-0.15, -0.1) is 0 Å². The van der Waals surface area contributed by atoms with E-state index in [9.17, 15) is 23.5 Å². The number of ether oxygens (including phenoxy) is 1. The lowest BCUT2D eigenvalue weighted by atomic mass is 9.82. The third-order valence-corrected chi connectivity index (χ3v) is 6.76. The van der Waals surface area contributed by atoms with Crippen molar-refractivity contribution in [2.45, 2.75) is 62.9 Å². The molecule has 12 heteroatoms. The molecule has 1 saturated heterocycles. The molecule has 1 fully saturated rings. The van der Waals surface area contributed by atoms with Crippen molar-refractivity contribution >= 4 is 11.9 Å². The predicted molar refractivity (Wildman–Crippen MR) is 109 cm³/mol. The summed E-state index contributed by atoms with van der Waals surface area (Å²) >= 11 is 0. The van der Waals surface area contributed by atoms with Crippen molar-refractivity contribution in [2.75, 3.05) is 6.61 Å². The summed E-state index contributed by atoms with van der Waals surface area (Å²) in [5.41, 5.74) is 10.9. The number of nitrogens with two attached hydrogens (primary N) is 2. The third-order valence-electron chi connectivity index (χ3n) is 6.76. The van der Waals surface area contributed by atoms with E-state index < -0.39 is 35.6 Å². The van der Waals surface area contributed by atoms with Gasteiger partial charge < -0.3 is 26.2 Å². The Morgan fingerprint density at radius 3 is 2.38 bits per heavy atom. The second-order valence-corrected chi connectivity index (χ2v) is 8.37. The number of hydrogen-bond donors (Lipinski definition) is 4. The van der Waals surface area contributed by atoms with E-state index in [1.165, 1.54) is 12.1 Å². The van der Waals surface area contributed by atoms with Crippen LogP contribution in [0, 0.1) is 5.92 Å². The number of hydrogen-bond acceptors (Lipinski definition) is 9. The van der Waals surface area contributed by atoms with Gasteiger partial charge in [0, 0.05) is 5.92 Å². The van der Waals surface area contributed by atoms with Crippen LogP contribution >= 0.6 is 0 Å². The first-order valence-corrected chi connectivity index (χ1v) is 10.4. The smallest absolute Gasteiger partial charge is 0.394 e. The van der Waals surface area contributed by atoms with Gasteiger partial charge in [-0.25, -0.2) is 9.98 Å². The highest BCUT2D eigenvalue weighted by Crippen LogP contribution is 2.51. The van der Waals surface area contributed by atoms with Crippen molar-refractivity contribution in [3.63, 3.8) is 0 Å². The van der Waals surface area contributed by atoms with E-state index in [4.69, 9.17) is 16.2 Å². The lowest BCUT2D eigenvalue weighted by Crippen LogP contribution is -2.72. The zero-order chi connectivity index (χ0) is 23.4. The average molecular weight is 456 g/mol. The normalized spacial score (nSPS) is 34.3. The second-order valence-electron chi connectivity index (χ2n) is 8.37. The summed E-state index contributed by atoms with van der Waals surface area (Å²) in [7, 11) is 0. The molecular formula is C20H27F3N6O3. The van der Waals surface area contributed by atoms with Crippen LogP contribution in [0.5, 0.6) is 0 Å². The second kappa shape index (κ2) is 7.78. The number of alkyl halides is 3. The van der Waals surface area contributed by atoms with Crippen LogP contribution in [-0.4, -0.2) is 68.7 Å². The molecule has 176 valence electrons. The minimum absolute atomic E-state index is 0.0699. The largest absolute Gasteiger partial charge is 0.416 e. The molecule has 32 heavy (non-hydrogen) atoms. The van der Waals surface area contributed by atoms with Crippen molar-refractivity contribution in [1.29, 1.82) is 0 Å². The Morgan fingerprint density at radius 2 is 1.81 bits per heavy atom. The summed E-state index contributed by atoms with van der Waals surface area (Å²) in [6.45, 7) is 3.55. The van der Waals surface area contributed by atoms with Gasteiger partial charge >= 0.3 is 6.18 Å². The highest BCUT2D eigenvalue weighted by molar-refractivity contribution is 5.86. The standard InChI is InChI=1S/C20H27F3N6O3/c1-3-14-15(32-9-11-4-6-12(7-5-11)20(21,22)23)10(2)19-16(27-18(25)29(19)31)13(8-30)26-17(24)28(14)19/h4-7,10,13-16,30-31H,3,8-9H2,1-2H3,(H2,24,26)(H2,25,27). The van der Waals surface area contributed by atoms with Crippen molar-refractivity contribution in [3.8, 4) is 0 Å². The number of aliphatic hydroxyl groups is 1. The Kier molecular flexibility index (Phi) is 5.50. The number of nitrogens with zero attached hydrogens (tertiary/aromatic N) is 4. The topological polar surface area (TPSA) is 133 Å². The van der Waals surface area contributed by atoms with E-state index in [-0.39, 0.29) is 37.1 Å². The van der Waals surface area contributed by atoms with E-state index in [1.807, 2.05) is 13.8 Å². The number of hydroxylamine groups is 2. The van der Waals surface area contributed by atoms with Crippen LogP contribution in [0.1, 0.15) is 31.4 Å². The maximum absolute atomic E-state index is 12.8. The van der Waals surface area contributed by atoms with Crippen molar-refractivity contribution in [2.24, 2.45) is 27.4 Å². The fourth-order valence-corrected chi connectivity index (χ4v) is 5.33. The van der Waals surface area contributed by atoms with Crippen molar-refractivity contribution < 1.29 is 28.2 Å². The Bertz CT molecular complexity index is 924. The van der Waals surface area contributed by atoms with E-state index in [2.05, 4.69) is 9.98 Å². The number of rotatable bonds is 5. The van der Waals surface area contributed by atoms with E-state index in [0.29, 0.717) is 12.0 Å². The maximum Gasteiger partial charge on any atom is 0.416 e. The predicted octanol–water partition coefficient (Wildman–Crippen LogP) is 1.09. The van der Waals surface area contributed by atoms with Crippen LogP contribution in [0.3, 0.4) is 0 Å². The molecule has 1 aromatic carbocycles. The van der Waals surface area contributed by atoms with E-state index in [0.717, 1.165) is 17.2 Å². The minimum atomic E-state index is -4.41. The number of halogens is 3. The van der Waals surface area contributed by atoms with Crippen molar-refractivity contribution in [3.05, 3.63) is 35.4 Å². The fourth-order valence-electron chi connectivity index (χ4n) is 5.33. The first-order chi connectivity index (χ1) is 15.1. The summed E-state index contributed by atoms with van der Waals surface area (Å²) in [6, 6.07) is 3.13. The zero-order valence-electron chi connectivity index (χ0n) is 17.7. The summed E-state index contributed by atoms with van der Waals surface area (Å²) in [4.78, 5) is 10.5. The Labute approximate surface area is 183 Å². The molecule has 0 amide bonds. The molecular weight excluding hydrogens is 429 g/mol. The molecule has 6 unspecified atom stereocenters. The molecule has 0 aromatic heterocycles. The fraction of sp³-hybridized carbons (Fsp3) is 0.600. The van der Waals surface area contributed by atoms with Gasteiger partial charge in [0.05, 0.1) is 30.9 Å². The van der Waals surface area contributed by atoms with Crippen LogP contribution in [0.4, 0.5) is 13.2 Å². The van der Waals surface area contributed by atoms with Crippen LogP contribution < -0.4 is 11.5 Å². The number of guanidine groups is 2. The van der Waals surface area contributed by atoms with Crippen LogP contribution in [-0.2, 0) is 17.5 Å². The molecule has 0 saturated carbocycles. The molecule has 4 rings (SSSR count). The third kappa shape index (κ3) is 3.11. The van der Waals surface area contributed by atoms with Gasteiger partial charge in [-0.3, -0.25) is 5.21 Å². The highest BCUT2D eigenvalue weighted by atomic mass is 19.4. The molecule has 1 aromatic rings. The quantitative estimate of drug-likeness (QED) is 0.521. The molecule has 1 spiro atoms. The first-order valence-electron chi connectivity index (χ1n) is 10.4. The van der Waals surface area contributed by atoms with Gasteiger partial charge in [0.1, 0.15) is 12.1 Å². The van der Waals surface area contributed by atoms with Gasteiger partial charge in [-0.2, -0.15) is 18.2 Å². The molecule has 9 nitrogen and oxygen atoms in total. The minimum Gasteiger partial charge on any atom is -0.394 e. The maximum atomic E-state index is 12.8. The van der Waals surface area contributed by atoms with E-state index in [1.54, 1.807) is 4.90 Å². The summed E-state index contributed by atoms with van der Waals surface area (Å²) < 4.78 is 44.7. The summed E-state index contributed by atoms with van der Waals surface area (Å²) in [5.74, 6) is -0.346. The molecule has 0 aliphatic carbocycles. The van der Waals surface area contributed by atoms with Gasteiger partial charge in [-0.1, -0.05) is 26.0 Å². The number of aliphatic imine (C=N–C) groups is 2. The average Bonchev–Trinajstić information content (AvgIpc) is 3.17. The van der Waals surface area contributed by atoms with Crippen molar-refractivity contribution in [1.82, 2.24) is 9.96 Å². The molecule has 0 bridgehead atoms. The van der Waals surface area contributed by atoms with Gasteiger partial charge in [0.25, 0.3) is 0 Å². The first kappa shape index (κ1) is 22.6. The number of benzene rings is 1. The molecule has 3 aliphatic heterocycles. The molecule has 3 aliphatic rings. The summed E-state index contributed by atoms with van der Waals surface area (Å²) in [6.07, 6.45) is -4.28. The zero-order valence-corrected chi connectivity index (χ0v) is 17.7. The Balaban J connectivity index is 1.64. The molecule has 6 N–H and O–H groups in total. The van der Waals surface area contributed by atoms with E-state index >= 15 is 0 Å². The lowest BCUT2D eigenvalue weighted by molar-refractivity contribution is -0.174. The Hall–Kier alpha value is -2.57. The van der Waals surface area contributed by atoms with Crippen LogP contribution in [0.2, 0.25) is 0 Å². The van der Waals surface area contributed by atoms with Gasteiger partial charge in [-0.05, 0) is 24.1 Å². The molecule has 6 atom stereocenters. The summed E-state index contributed by atoms with van der Waals surface area (Å²) in [5, 5.41) is 21.7. The Morgan fingerprint density at radius 1 is 1.16 bits per heavy atom. The highest BCUT2D eigenvalue weighted by Gasteiger charge is 2.70. The SMILES string of the molecule is CCC1C(OCc2ccc(C(F)(F)F)cc2)C(C)C23C(N=C(N)N2O)C(CO)N=C(N)N13. The van der Waals surface area contributed by atoms with Gasteiger partial charge in [0.2, 0.25) is 5.96 Å². The lowest BCUT2D eigenvalue weighted by Gasteiger charge is -2.50. The monoisotopic (exact) mass is 456 g/mol. The number of aliphatic hydroxyl groups excluding tert-OH is 1. The van der Waals surface area contributed by atoms with Crippen LogP contribution in [0.15, 0.2) is 34.3 Å². The molecule has 3 heterocycles. The molecule has 0 radical (unpaired) electrons. The van der Waals surface area contributed by atoms with Gasteiger partial charge in [0.15, 0.2) is 11.6 Å². The van der Waals surface area contributed by atoms with Crippen LogP contribution in [0.25, 0.3) is 0 Å².